The topological polar surface area (TPSA) is 64.6 Å². The number of hydrogen-bond acceptors (Lipinski definition) is 4. The lowest BCUT2D eigenvalue weighted by molar-refractivity contribution is -0.118. The van der Waals surface area contributed by atoms with E-state index in [1.54, 1.807) is 24.3 Å². The second-order valence-corrected chi connectivity index (χ2v) is 6.11. The first-order chi connectivity index (χ1) is 12.5. The maximum atomic E-state index is 12.1. The molecule has 1 N–H and O–H groups in total. The highest BCUT2D eigenvalue weighted by atomic mass is 16.5. The number of nitrogens with one attached hydrogen (secondary N) is 1. The molecule has 0 heterocycles. The molecule has 0 fully saturated rings. The van der Waals surface area contributed by atoms with E-state index in [2.05, 4.69) is 5.32 Å². The summed E-state index contributed by atoms with van der Waals surface area (Å²) < 4.78 is 10.8. The van der Waals surface area contributed by atoms with E-state index in [0.717, 1.165) is 24.0 Å². The van der Waals surface area contributed by atoms with Crippen LogP contribution in [-0.4, -0.2) is 25.1 Å². The number of amides is 1. The van der Waals surface area contributed by atoms with Gasteiger partial charge in [-0.25, -0.2) is 4.79 Å². The third-order valence-corrected chi connectivity index (χ3v) is 4.03. The zero-order valence-electron chi connectivity index (χ0n) is 15.5. The van der Waals surface area contributed by atoms with Crippen molar-refractivity contribution in [3.05, 3.63) is 59.2 Å². The summed E-state index contributed by atoms with van der Waals surface area (Å²) in [6.07, 6.45) is 1.79. The molecule has 0 atom stereocenters. The molecular formula is C21H25NO4. The van der Waals surface area contributed by atoms with E-state index in [1.807, 2.05) is 39.0 Å². The molecule has 0 aliphatic rings. The molecule has 5 heteroatoms. The lowest BCUT2D eigenvalue weighted by Crippen LogP contribution is -2.20. The molecular weight excluding hydrogens is 330 g/mol. The summed E-state index contributed by atoms with van der Waals surface area (Å²) in [5.74, 6) is 0.0111. The number of hydrogen-bond donors (Lipinski definition) is 1. The van der Waals surface area contributed by atoms with Crippen LogP contribution in [0, 0.1) is 13.8 Å². The molecule has 26 heavy (non-hydrogen) atoms. The highest BCUT2D eigenvalue weighted by Gasteiger charge is 2.10. The minimum Gasteiger partial charge on any atom is -0.483 e. The number of benzene rings is 2. The first kappa shape index (κ1) is 19.5. The van der Waals surface area contributed by atoms with Gasteiger partial charge in [0.25, 0.3) is 5.91 Å². The average molecular weight is 355 g/mol. The monoisotopic (exact) mass is 355 g/mol. The second-order valence-electron chi connectivity index (χ2n) is 6.11. The molecule has 0 spiro atoms. The van der Waals surface area contributed by atoms with Crippen LogP contribution in [0.25, 0.3) is 0 Å². The van der Waals surface area contributed by atoms with E-state index in [4.69, 9.17) is 9.47 Å². The fraction of sp³-hybridized carbons (Fsp3) is 0.333. The van der Waals surface area contributed by atoms with Crippen molar-refractivity contribution in [2.45, 2.75) is 33.6 Å². The van der Waals surface area contributed by atoms with Crippen molar-refractivity contribution < 1.29 is 19.1 Å². The van der Waals surface area contributed by atoms with E-state index < -0.39 is 0 Å². The molecule has 0 radical (unpaired) electrons. The van der Waals surface area contributed by atoms with Crippen molar-refractivity contribution in [2.24, 2.45) is 0 Å². The van der Waals surface area contributed by atoms with Gasteiger partial charge in [0.05, 0.1) is 12.2 Å². The normalized spacial score (nSPS) is 10.3. The van der Waals surface area contributed by atoms with Gasteiger partial charge in [-0.1, -0.05) is 31.5 Å². The molecule has 0 bridgehead atoms. The van der Waals surface area contributed by atoms with Crippen molar-refractivity contribution in [3.63, 3.8) is 0 Å². The molecule has 0 aliphatic heterocycles. The van der Waals surface area contributed by atoms with Crippen LogP contribution >= 0.6 is 0 Å². The van der Waals surface area contributed by atoms with Crippen molar-refractivity contribution >= 4 is 17.6 Å². The maximum absolute atomic E-state index is 12.1. The van der Waals surface area contributed by atoms with E-state index in [-0.39, 0.29) is 18.5 Å². The molecule has 2 rings (SSSR count). The van der Waals surface area contributed by atoms with Crippen molar-refractivity contribution in [3.8, 4) is 5.75 Å². The minimum absolute atomic E-state index is 0.102. The highest BCUT2D eigenvalue weighted by molar-refractivity contribution is 5.95. The summed E-state index contributed by atoms with van der Waals surface area (Å²) >= 11 is 0. The van der Waals surface area contributed by atoms with Gasteiger partial charge in [0.15, 0.2) is 6.61 Å². The van der Waals surface area contributed by atoms with E-state index >= 15 is 0 Å². The summed E-state index contributed by atoms with van der Waals surface area (Å²) in [6, 6.07) is 12.4. The fourth-order valence-corrected chi connectivity index (χ4v) is 2.34. The van der Waals surface area contributed by atoms with Crippen molar-refractivity contribution in [1.82, 2.24) is 0 Å². The first-order valence-corrected chi connectivity index (χ1v) is 8.77. The van der Waals surface area contributed by atoms with Crippen LogP contribution in [0.2, 0.25) is 0 Å². The van der Waals surface area contributed by atoms with Gasteiger partial charge in [0.2, 0.25) is 0 Å². The zero-order valence-corrected chi connectivity index (χ0v) is 15.5. The number of anilines is 1. The predicted molar refractivity (Wildman–Crippen MR) is 102 cm³/mol. The number of esters is 1. The fourth-order valence-electron chi connectivity index (χ4n) is 2.34. The van der Waals surface area contributed by atoms with Crippen LogP contribution in [0.5, 0.6) is 5.75 Å². The Hall–Kier alpha value is -2.82. The molecule has 2 aromatic carbocycles. The second kappa shape index (κ2) is 9.61. The Morgan fingerprint density at radius 1 is 1.08 bits per heavy atom. The molecule has 5 nitrogen and oxygen atoms in total. The lowest BCUT2D eigenvalue weighted by Gasteiger charge is -2.11. The zero-order chi connectivity index (χ0) is 18.9. The molecule has 138 valence electrons. The number of rotatable bonds is 8. The van der Waals surface area contributed by atoms with Gasteiger partial charge in [0, 0.05) is 5.69 Å². The lowest BCUT2D eigenvalue weighted by atomic mass is 10.1. The largest absolute Gasteiger partial charge is 0.483 e. The first-order valence-electron chi connectivity index (χ1n) is 8.77. The third-order valence-electron chi connectivity index (χ3n) is 4.03. The number of carbonyl (C=O) groups is 2. The standard InChI is InChI=1S/C21H25NO4/c1-4-5-12-25-21(24)17-9-7-10-18(13-17)22-20(23)14-26-19-11-6-8-15(2)16(19)3/h6-11,13H,4-5,12,14H2,1-3H3,(H,22,23). The summed E-state index contributed by atoms with van der Waals surface area (Å²) in [6.45, 7) is 6.28. The number of unbranched alkanes of at least 4 members (excludes halogenated alkanes) is 1. The van der Waals surface area contributed by atoms with Crippen LogP contribution in [0.15, 0.2) is 42.5 Å². The van der Waals surface area contributed by atoms with Gasteiger partial charge < -0.3 is 14.8 Å². The maximum Gasteiger partial charge on any atom is 0.338 e. The summed E-state index contributed by atoms with van der Waals surface area (Å²) in [4.78, 5) is 24.1. The Labute approximate surface area is 154 Å². The molecule has 0 aromatic heterocycles. The van der Waals surface area contributed by atoms with Gasteiger partial charge in [0.1, 0.15) is 5.75 Å². The number of ether oxygens (including phenoxy) is 2. The van der Waals surface area contributed by atoms with Crippen LogP contribution in [0.3, 0.4) is 0 Å². The van der Waals surface area contributed by atoms with E-state index in [0.29, 0.717) is 23.6 Å². The van der Waals surface area contributed by atoms with Crippen LogP contribution < -0.4 is 10.1 Å². The smallest absolute Gasteiger partial charge is 0.338 e. The van der Waals surface area contributed by atoms with Crippen LogP contribution in [0.1, 0.15) is 41.3 Å². The highest BCUT2D eigenvalue weighted by Crippen LogP contribution is 2.20. The minimum atomic E-state index is -0.388. The van der Waals surface area contributed by atoms with E-state index in [1.165, 1.54) is 0 Å². The summed E-state index contributed by atoms with van der Waals surface area (Å²) in [7, 11) is 0. The molecule has 0 saturated heterocycles. The van der Waals surface area contributed by atoms with E-state index in [9.17, 15) is 9.59 Å². The van der Waals surface area contributed by atoms with Crippen LogP contribution in [0.4, 0.5) is 5.69 Å². The number of aryl methyl sites for hydroxylation is 1. The summed E-state index contributed by atoms with van der Waals surface area (Å²) in [5, 5.41) is 2.74. The third kappa shape index (κ3) is 5.62. The molecule has 1 amide bonds. The van der Waals surface area contributed by atoms with Crippen molar-refractivity contribution in [1.29, 1.82) is 0 Å². The van der Waals surface area contributed by atoms with Crippen molar-refractivity contribution in [2.75, 3.05) is 18.5 Å². The van der Waals surface area contributed by atoms with Gasteiger partial charge in [-0.05, 0) is 55.7 Å². The molecule has 0 unspecified atom stereocenters. The average Bonchev–Trinajstić information content (AvgIpc) is 2.63. The Morgan fingerprint density at radius 3 is 2.62 bits per heavy atom. The Balaban J connectivity index is 1.91. The SMILES string of the molecule is CCCCOC(=O)c1cccc(NC(=O)COc2cccc(C)c2C)c1. The Morgan fingerprint density at radius 2 is 1.85 bits per heavy atom. The Bertz CT molecular complexity index is 770. The van der Waals surface area contributed by atoms with Crippen LogP contribution in [-0.2, 0) is 9.53 Å². The predicted octanol–water partition coefficient (Wildman–Crippen LogP) is 4.28. The summed E-state index contributed by atoms with van der Waals surface area (Å²) in [5.41, 5.74) is 3.06. The van der Waals surface area contributed by atoms with Gasteiger partial charge in [-0.15, -0.1) is 0 Å². The molecule has 0 saturated carbocycles. The van der Waals surface area contributed by atoms with Gasteiger partial charge in [-0.3, -0.25) is 4.79 Å². The van der Waals surface area contributed by atoms with Gasteiger partial charge in [-0.2, -0.15) is 0 Å². The quantitative estimate of drug-likeness (QED) is 0.567. The van der Waals surface area contributed by atoms with Gasteiger partial charge >= 0.3 is 5.97 Å². The Kier molecular flexibility index (Phi) is 7.21. The molecule has 0 aliphatic carbocycles. The molecule has 2 aromatic rings. The number of carbonyl (C=O) groups excluding carboxylic acids is 2.